The van der Waals surface area contributed by atoms with Crippen LogP contribution in [0.2, 0.25) is 0 Å². The molecule has 2 unspecified atom stereocenters. The molecule has 8 heteroatoms. The molecule has 5 rings (SSSR count). The minimum absolute atomic E-state index is 0.0822. The van der Waals surface area contributed by atoms with Gasteiger partial charge in [-0.2, -0.15) is 5.10 Å². The molecule has 4 aliphatic carbocycles. The number of nitrogens with one attached hydrogen (secondary N) is 2. The molecule has 0 aromatic carbocycles. The number of amides is 2. The molecule has 8 nitrogen and oxygen atoms in total. The van der Waals surface area contributed by atoms with Crippen LogP contribution in [-0.4, -0.2) is 51.2 Å². The van der Waals surface area contributed by atoms with Crippen molar-refractivity contribution in [2.45, 2.75) is 82.9 Å². The van der Waals surface area contributed by atoms with Crippen molar-refractivity contribution in [1.29, 1.82) is 0 Å². The van der Waals surface area contributed by atoms with E-state index >= 15 is 0 Å². The fourth-order valence-electron chi connectivity index (χ4n) is 6.30. The number of hydrogen-bond donors (Lipinski definition) is 3. The summed E-state index contributed by atoms with van der Waals surface area (Å²) >= 11 is 0. The van der Waals surface area contributed by atoms with Crippen LogP contribution in [-0.2, 0) is 4.74 Å². The van der Waals surface area contributed by atoms with E-state index in [0.717, 1.165) is 37.8 Å². The first-order valence-corrected chi connectivity index (χ1v) is 11.7. The summed E-state index contributed by atoms with van der Waals surface area (Å²) in [5.74, 6) is 1.31. The molecule has 0 radical (unpaired) electrons. The van der Waals surface area contributed by atoms with Gasteiger partial charge in [0.05, 0.1) is 35.7 Å². The molecule has 32 heavy (non-hydrogen) atoms. The Morgan fingerprint density at radius 3 is 2.50 bits per heavy atom. The van der Waals surface area contributed by atoms with Gasteiger partial charge in [0.1, 0.15) is 0 Å². The van der Waals surface area contributed by atoms with Crippen LogP contribution in [0.5, 0.6) is 0 Å². The van der Waals surface area contributed by atoms with Gasteiger partial charge in [0.2, 0.25) is 0 Å². The van der Waals surface area contributed by atoms with Crippen LogP contribution in [0.25, 0.3) is 6.20 Å². The van der Waals surface area contributed by atoms with E-state index in [1.165, 1.54) is 7.11 Å². The van der Waals surface area contributed by atoms with Crippen molar-refractivity contribution in [1.82, 2.24) is 20.4 Å². The highest BCUT2D eigenvalue weighted by molar-refractivity contribution is 5.95. The van der Waals surface area contributed by atoms with E-state index in [1.807, 2.05) is 33.8 Å². The lowest BCUT2D eigenvalue weighted by Gasteiger charge is -2.58. The number of aromatic nitrogens is 2. The number of carbonyl (C=O) groups excluding carboxylic acids is 2. The van der Waals surface area contributed by atoms with Crippen molar-refractivity contribution < 1.29 is 19.4 Å². The number of carbonyl (C=O) groups is 2. The molecule has 0 aliphatic heterocycles. The van der Waals surface area contributed by atoms with E-state index in [-0.39, 0.29) is 17.9 Å². The van der Waals surface area contributed by atoms with Crippen LogP contribution in [0.4, 0.5) is 4.79 Å². The van der Waals surface area contributed by atoms with Gasteiger partial charge in [-0.25, -0.2) is 9.48 Å². The van der Waals surface area contributed by atoms with Crippen LogP contribution >= 0.6 is 0 Å². The lowest BCUT2D eigenvalue weighted by Crippen LogP contribution is -2.61. The van der Waals surface area contributed by atoms with E-state index < -0.39 is 17.2 Å². The zero-order chi connectivity index (χ0) is 23.3. The van der Waals surface area contributed by atoms with Crippen molar-refractivity contribution in [3.63, 3.8) is 0 Å². The Labute approximate surface area is 189 Å². The Balaban J connectivity index is 1.51. The Morgan fingerprint density at radius 1 is 1.28 bits per heavy atom. The average Bonchev–Trinajstić information content (AvgIpc) is 3.12. The third-order valence-corrected chi connectivity index (χ3v) is 7.41. The molecule has 1 heterocycles. The molecule has 4 fully saturated rings. The largest absolute Gasteiger partial charge is 0.453 e. The number of aliphatic hydroxyl groups is 1. The van der Waals surface area contributed by atoms with Crippen molar-refractivity contribution in [2.24, 2.45) is 17.8 Å². The summed E-state index contributed by atoms with van der Waals surface area (Å²) in [5, 5.41) is 21.3. The molecule has 2 amide bonds. The third-order valence-electron chi connectivity index (χ3n) is 7.41. The first-order chi connectivity index (χ1) is 15.0. The maximum Gasteiger partial charge on any atom is 0.407 e. The molecule has 2 atom stereocenters. The molecule has 4 bridgehead atoms. The van der Waals surface area contributed by atoms with Gasteiger partial charge in [-0.1, -0.05) is 13.8 Å². The molecule has 4 saturated carbocycles. The van der Waals surface area contributed by atoms with Gasteiger partial charge in [0, 0.05) is 12.2 Å². The number of methoxy groups -OCH3 is 1. The minimum atomic E-state index is -0.643. The number of nitrogens with zero attached hydrogens (tertiary/aromatic N) is 2. The molecule has 4 aliphatic rings. The number of hydrogen-bond acceptors (Lipinski definition) is 5. The second-order valence-electron chi connectivity index (χ2n) is 10.9. The van der Waals surface area contributed by atoms with E-state index in [0.29, 0.717) is 23.3 Å². The second kappa shape index (κ2) is 8.21. The van der Waals surface area contributed by atoms with Crippen LogP contribution in [0.1, 0.15) is 81.8 Å². The highest BCUT2D eigenvalue weighted by atomic mass is 16.5. The first-order valence-electron chi connectivity index (χ1n) is 11.7. The zero-order valence-electron chi connectivity index (χ0n) is 19.7. The average molecular weight is 445 g/mol. The third kappa shape index (κ3) is 4.42. The summed E-state index contributed by atoms with van der Waals surface area (Å²) in [5.41, 5.74) is 0.253. The van der Waals surface area contributed by atoms with Gasteiger partial charge in [-0.3, -0.25) is 4.79 Å². The van der Waals surface area contributed by atoms with Crippen LogP contribution in [0.15, 0.2) is 12.3 Å². The summed E-state index contributed by atoms with van der Waals surface area (Å²) in [7, 11) is 1.33. The van der Waals surface area contributed by atoms with E-state index in [1.54, 1.807) is 17.1 Å². The summed E-state index contributed by atoms with van der Waals surface area (Å²) in [6, 6.07) is 0.126. The summed E-state index contributed by atoms with van der Waals surface area (Å²) in [6.45, 7) is 7.78. The predicted molar refractivity (Wildman–Crippen MR) is 121 cm³/mol. The lowest BCUT2D eigenvalue weighted by molar-refractivity contribution is -0.136. The Morgan fingerprint density at radius 2 is 1.94 bits per heavy atom. The van der Waals surface area contributed by atoms with Gasteiger partial charge in [-0.05, 0) is 75.7 Å². The highest BCUT2D eigenvalue weighted by Crippen LogP contribution is 2.55. The van der Waals surface area contributed by atoms with Gasteiger partial charge in [0.25, 0.3) is 5.91 Å². The predicted octanol–water partition coefficient (Wildman–Crippen LogP) is 3.28. The first kappa shape index (κ1) is 22.8. The fraction of sp³-hybridized carbons (Fsp3) is 0.708. The summed E-state index contributed by atoms with van der Waals surface area (Å²) in [6.07, 6.45) is 9.44. The van der Waals surface area contributed by atoms with Gasteiger partial charge in [-0.15, -0.1) is 0 Å². The normalized spacial score (nSPS) is 31.3. The monoisotopic (exact) mass is 444 g/mol. The highest BCUT2D eigenvalue weighted by Gasteiger charge is 2.55. The number of ether oxygens (including phenoxy) is 1. The molecular weight excluding hydrogens is 408 g/mol. The number of alkyl carbamates (subject to hydrolysis) is 1. The van der Waals surface area contributed by atoms with Crippen molar-refractivity contribution in [3.8, 4) is 0 Å². The van der Waals surface area contributed by atoms with E-state index in [2.05, 4.69) is 20.5 Å². The fourth-order valence-corrected chi connectivity index (χ4v) is 6.30. The van der Waals surface area contributed by atoms with E-state index in [9.17, 15) is 14.7 Å². The molecular formula is C24H36N4O4. The van der Waals surface area contributed by atoms with E-state index in [4.69, 9.17) is 0 Å². The topological polar surface area (TPSA) is 105 Å². The molecule has 176 valence electrons. The standard InChI is InChI=1S/C24H36N4O4/c1-14(2)20-18(13-25-28(20)7-6-23(3,4)27-22(30)32-5)21(29)26-19-16-8-15-9-17(19)12-24(31,10-15)11-16/h6-7,13-17,19,31H,8-12H2,1-5H3,(H,26,29)(H,27,30)/b7-6+. The smallest absolute Gasteiger partial charge is 0.407 e. The quantitative estimate of drug-likeness (QED) is 0.624. The Bertz CT molecular complexity index is 903. The maximum absolute atomic E-state index is 13.3. The van der Waals surface area contributed by atoms with Gasteiger partial charge in [0.15, 0.2) is 0 Å². The van der Waals surface area contributed by atoms with Crippen LogP contribution in [0, 0.1) is 17.8 Å². The molecule has 3 N–H and O–H groups in total. The van der Waals surface area contributed by atoms with Crippen molar-refractivity contribution >= 4 is 18.2 Å². The minimum Gasteiger partial charge on any atom is -0.453 e. The maximum atomic E-state index is 13.3. The van der Waals surface area contributed by atoms with Crippen molar-refractivity contribution in [2.75, 3.05) is 7.11 Å². The van der Waals surface area contributed by atoms with Crippen molar-refractivity contribution in [3.05, 3.63) is 23.5 Å². The molecule has 1 aromatic rings. The van der Waals surface area contributed by atoms with Gasteiger partial charge >= 0.3 is 6.09 Å². The summed E-state index contributed by atoms with van der Waals surface area (Å²) < 4.78 is 6.39. The second-order valence-corrected chi connectivity index (χ2v) is 10.9. The lowest BCUT2D eigenvalue weighted by atomic mass is 9.52. The van der Waals surface area contributed by atoms with Crippen LogP contribution < -0.4 is 10.6 Å². The molecule has 0 spiro atoms. The van der Waals surface area contributed by atoms with Crippen LogP contribution in [0.3, 0.4) is 0 Å². The number of rotatable bonds is 6. The molecule has 0 saturated heterocycles. The SMILES string of the molecule is COC(=O)NC(C)(C)/C=C/n1ncc(C(=O)NC2C3CC4CC2CC(O)(C4)C3)c1C(C)C. The Hall–Kier alpha value is -2.35. The zero-order valence-corrected chi connectivity index (χ0v) is 19.7. The summed E-state index contributed by atoms with van der Waals surface area (Å²) in [4.78, 5) is 24.9. The Kier molecular flexibility index (Phi) is 5.86. The van der Waals surface area contributed by atoms with Gasteiger partial charge < -0.3 is 20.5 Å². The molecule has 1 aromatic heterocycles.